The lowest BCUT2D eigenvalue weighted by atomic mass is 9.73. The molecule has 2 atom stereocenters. The highest BCUT2D eigenvalue weighted by molar-refractivity contribution is 6.09. The maximum absolute atomic E-state index is 13.5. The second-order valence-electron chi connectivity index (χ2n) is 7.25. The van der Waals surface area contributed by atoms with Gasteiger partial charge in [0.15, 0.2) is 6.61 Å². The molecule has 0 radical (unpaired) electrons. The van der Waals surface area contributed by atoms with Crippen molar-refractivity contribution >= 4 is 29.5 Å². The van der Waals surface area contributed by atoms with Gasteiger partial charge in [0.25, 0.3) is 11.8 Å². The first-order valence-electron chi connectivity index (χ1n) is 9.28. The third kappa shape index (κ3) is 4.06. The van der Waals surface area contributed by atoms with Gasteiger partial charge in [-0.2, -0.15) is 0 Å². The highest BCUT2D eigenvalue weighted by atomic mass is 19.1. The molecule has 1 aliphatic carbocycles. The summed E-state index contributed by atoms with van der Waals surface area (Å²) in [6.07, 6.45) is 3.05. The minimum atomic E-state index is -1.00. The molecule has 1 saturated carbocycles. The van der Waals surface area contributed by atoms with Crippen molar-refractivity contribution in [1.29, 1.82) is 0 Å². The Morgan fingerprint density at radius 3 is 2.62 bits per heavy atom. The maximum atomic E-state index is 13.5. The first kappa shape index (κ1) is 20.7. The molecule has 2 N–H and O–H groups in total. The molecule has 0 unspecified atom stereocenters. The summed E-state index contributed by atoms with van der Waals surface area (Å²) >= 11 is 0. The van der Waals surface area contributed by atoms with Crippen molar-refractivity contribution in [1.82, 2.24) is 10.2 Å². The van der Waals surface area contributed by atoms with Gasteiger partial charge in [-0.1, -0.05) is 25.8 Å². The molecule has 3 rings (SSSR count). The number of urea groups is 1. The van der Waals surface area contributed by atoms with Gasteiger partial charge in [0.1, 0.15) is 29.4 Å². The highest BCUT2D eigenvalue weighted by Gasteiger charge is 2.55. The average molecular weight is 409 g/mol. The molecule has 156 valence electrons. The SMILES string of the molecule is C[C@@H]1CCCC[C@]12NC(=O)N(CC(=O)OCC(=O)Nc1c(F)cccc1F)C2=O. The van der Waals surface area contributed by atoms with Crippen molar-refractivity contribution in [3.05, 3.63) is 29.8 Å². The van der Waals surface area contributed by atoms with E-state index in [2.05, 4.69) is 5.32 Å². The van der Waals surface area contributed by atoms with Crippen LogP contribution < -0.4 is 10.6 Å². The van der Waals surface area contributed by atoms with E-state index in [9.17, 15) is 28.0 Å². The number of hydrogen-bond donors (Lipinski definition) is 2. The minimum absolute atomic E-state index is 0.0600. The molecule has 10 heteroatoms. The smallest absolute Gasteiger partial charge is 0.326 e. The summed E-state index contributed by atoms with van der Waals surface area (Å²) in [5.74, 6) is -4.44. The summed E-state index contributed by atoms with van der Waals surface area (Å²) in [5, 5.41) is 4.67. The summed E-state index contributed by atoms with van der Waals surface area (Å²) in [7, 11) is 0. The van der Waals surface area contributed by atoms with E-state index in [0.717, 1.165) is 42.4 Å². The number of benzene rings is 1. The van der Waals surface area contributed by atoms with Crippen molar-refractivity contribution in [2.45, 2.75) is 38.1 Å². The Kier molecular flexibility index (Phi) is 5.81. The standard InChI is InChI=1S/C19H21F2N3O5/c1-11-5-2-3-8-19(11)17(27)24(18(28)23-19)9-15(26)29-10-14(25)22-16-12(20)6-4-7-13(16)21/h4,6-7,11H,2-3,5,8-10H2,1H3,(H,22,25)(H,23,28)/t11-,19+/m1/s1. The van der Waals surface area contributed by atoms with Crippen molar-refractivity contribution < 1.29 is 32.7 Å². The zero-order valence-electron chi connectivity index (χ0n) is 15.8. The topological polar surface area (TPSA) is 105 Å². The summed E-state index contributed by atoms with van der Waals surface area (Å²) in [4.78, 5) is 49.6. The molecule has 2 fully saturated rings. The summed E-state index contributed by atoms with van der Waals surface area (Å²) < 4.78 is 31.8. The van der Waals surface area contributed by atoms with Crippen LogP contribution in [0.15, 0.2) is 18.2 Å². The van der Waals surface area contributed by atoms with Crippen LogP contribution in [0, 0.1) is 17.6 Å². The van der Waals surface area contributed by atoms with Crippen molar-refractivity contribution in [3.8, 4) is 0 Å². The van der Waals surface area contributed by atoms with Crippen LogP contribution in [0.4, 0.5) is 19.3 Å². The van der Waals surface area contributed by atoms with Gasteiger partial charge >= 0.3 is 12.0 Å². The van der Waals surface area contributed by atoms with Crippen LogP contribution in [-0.4, -0.2) is 47.4 Å². The average Bonchev–Trinajstić information content (AvgIpc) is 2.90. The number of hydrogen-bond acceptors (Lipinski definition) is 5. The lowest BCUT2D eigenvalue weighted by Gasteiger charge is -2.36. The Bertz CT molecular complexity index is 842. The van der Waals surface area contributed by atoms with E-state index in [-0.39, 0.29) is 5.92 Å². The second kappa shape index (κ2) is 8.14. The van der Waals surface area contributed by atoms with Crippen LogP contribution in [0.3, 0.4) is 0 Å². The number of esters is 1. The van der Waals surface area contributed by atoms with Gasteiger partial charge in [-0.3, -0.25) is 19.3 Å². The van der Waals surface area contributed by atoms with Crippen molar-refractivity contribution in [3.63, 3.8) is 0 Å². The summed E-state index contributed by atoms with van der Waals surface area (Å²) in [5.41, 5.74) is -1.66. The fraction of sp³-hybridized carbons (Fsp3) is 0.474. The van der Waals surface area contributed by atoms with Crippen LogP contribution in [0.1, 0.15) is 32.6 Å². The number of halogens is 2. The van der Waals surface area contributed by atoms with Crippen LogP contribution in [0.5, 0.6) is 0 Å². The second-order valence-corrected chi connectivity index (χ2v) is 7.25. The number of amides is 4. The molecule has 2 aliphatic rings. The van der Waals surface area contributed by atoms with E-state index in [1.54, 1.807) is 0 Å². The Hall–Kier alpha value is -3.04. The van der Waals surface area contributed by atoms with Gasteiger partial charge in [-0.05, 0) is 30.9 Å². The van der Waals surface area contributed by atoms with E-state index >= 15 is 0 Å². The number of imide groups is 1. The molecule has 1 aromatic carbocycles. The van der Waals surface area contributed by atoms with Gasteiger partial charge < -0.3 is 15.4 Å². The van der Waals surface area contributed by atoms with E-state index in [1.807, 2.05) is 12.2 Å². The van der Waals surface area contributed by atoms with Gasteiger partial charge in [-0.15, -0.1) is 0 Å². The van der Waals surface area contributed by atoms with E-state index in [4.69, 9.17) is 4.74 Å². The molecule has 1 saturated heterocycles. The predicted octanol–water partition coefficient (Wildman–Crippen LogP) is 1.95. The van der Waals surface area contributed by atoms with Crippen LogP contribution >= 0.6 is 0 Å². The highest BCUT2D eigenvalue weighted by Crippen LogP contribution is 2.38. The molecule has 8 nitrogen and oxygen atoms in total. The normalized spacial score (nSPS) is 23.8. The Morgan fingerprint density at radius 1 is 1.28 bits per heavy atom. The van der Waals surface area contributed by atoms with E-state index in [0.29, 0.717) is 6.42 Å². The molecule has 1 aromatic rings. The largest absolute Gasteiger partial charge is 0.454 e. The zero-order valence-corrected chi connectivity index (χ0v) is 15.8. The number of nitrogens with zero attached hydrogens (tertiary/aromatic N) is 1. The number of carbonyl (C=O) groups excluding carboxylic acids is 4. The number of para-hydroxylation sites is 1. The Labute approximate surface area is 165 Å². The van der Waals surface area contributed by atoms with E-state index in [1.165, 1.54) is 0 Å². The van der Waals surface area contributed by atoms with E-state index < -0.39 is 59.8 Å². The van der Waals surface area contributed by atoms with Crippen molar-refractivity contribution in [2.75, 3.05) is 18.5 Å². The molecular weight excluding hydrogens is 388 g/mol. The predicted molar refractivity (Wildman–Crippen MR) is 96.6 cm³/mol. The van der Waals surface area contributed by atoms with Crippen molar-refractivity contribution in [2.24, 2.45) is 5.92 Å². The molecule has 4 amide bonds. The van der Waals surface area contributed by atoms with Gasteiger partial charge in [-0.25, -0.2) is 13.6 Å². The first-order chi connectivity index (χ1) is 13.7. The monoisotopic (exact) mass is 409 g/mol. The molecule has 1 heterocycles. The zero-order chi connectivity index (χ0) is 21.2. The number of nitrogens with one attached hydrogen (secondary N) is 2. The maximum Gasteiger partial charge on any atom is 0.326 e. The Balaban J connectivity index is 1.55. The van der Waals surface area contributed by atoms with Gasteiger partial charge in [0.2, 0.25) is 0 Å². The summed E-state index contributed by atoms with van der Waals surface area (Å²) in [6.45, 7) is 0.406. The third-order valence-corrected chi connectivity index (χ3v) is 5.38. The fourth-order valence-electron chi connectivity index (χ4n) is 3.75. The fourth-order valence-corrected chi connectivity index (χ4v) is 3.75. The van der Waals surface area contributed by atoms with Gasteiger partial charge in [0.05, 0.1) is 0 Å². The quantitative estimate of drug-likeness (QED) is 0.571. The van der Waals surface area contributed by atoms with Crippen LogP contribution in [0.25, 0.3) is 0 Å². The molecule has 0 aromatic heterocycles. The number of rotatable bonds is 5. The summed E-state index contributed by atoms with van der Waals surface area (Å²) in [6, 6.07) is 2.38. The molecule has 1 aliphatic heterocycles. The number of carbonyl (C=O) groups is 4. The van der Waals surface area contributed by atoms with Crippen LogP contribution in [-0.2, 0) is 19.1 Å². The molecule has 29 heavy (non-hydrogen) atoms. The molecule has 0 bridgehead atoms. The van der Waals surface area contributed by atoms with Gasteiger partial charge in [0, 0.05) is 0 Å². The number of anilines is 1. The lowest BCUT2D eigenvalue weighted by molar-refractivity contribution is -0.150. The minimum Gasteiger partial charge on any atom is -0.454 e. The van der Waals surface area contributed by atoms with Crippen LogP contribution in [0.2, 0.25) is 0 Å². The number of ether oxygens (including phenoxy) is 1. The lowest BCUT2D eigenvalue weighted by Crippen LogP contribution is -2.54. The third-order valence-electron chi connectivity index (χ3n) is 5.38. The Morgan fingerprint density at radius 2 is 1.97 bits per heavy atom. The first-order valence-corrected chi connectivity index (χ1v) is 9.28. The molecular formula is C19H21F2N3O5. The molecule has 1 spiro atoms.